The molecular weight excluding hydrogens is 260 g/mol. The Labute approximate surface area is 109 Å². The monoisotopic (exact) mass is 274 g/mol. The molecule has 94 valence electrons. The van der Waals surface area contributed by atoms with Crippen molar-refractivity contribution in [3.63, 3.8) is 0 Å². The van der Waals surface area contributed by atoms with E-state index in [1.54, 1.807) is 16.7 Å². The van der Waals surface area contributed by atoms with Crippen LogP contribution >= 0.6 is 23.5 Å². The highest BCUT2D eigenvalue weighted by Crippen LogP contribution is 2.20. The fourth-order valence-electron chi connectivity index (χ4n) is 1.62. The molecule has 1 N–H and O–H groups in total. The molecular formula is C10H14N2O3S2. The molecule has 1 amide bonds. The van der Waals surface area contributed by atoms with Crippen LogP contribution in [0.2, 0.25) is 0 Å². The summed E-state index contributed by atoms with van der Waals surface area (Å²) >= 11 is 2.95. The van der Waals surface area contributed by atoms with Crippen molar-refractivity contribution in [2.45, 2.75) is 12.5 Å². The van der Waals surface area contributed by atoms with Crippen LogP contribution in [0.1, 0.15) is 6.42 Å². The third kappa shape index (κ3) is 4.88. The van der Waals surface area contributed by atoms with E-state index >= 15 is 0 Å². The number of carbonyl (C=O) groups excluding carboxylic acids is 1. The van der Waals surface area contributed by atoms with Gasteiger partial charge in [0.15, 0.2) is 0 Å². The van der Waals surface area contributed by atoms with Crippen molar-refractivity contribution >= 4 is 35.4 Å². The van der Waals surface area contributed by atoms with Gasteiger partial charge in [-0.3, -0.25) is 9.59 Å². The molecule has 1 aliphatic rings. The van der Waals surface area contributed by atoms with E-state index in [0.29, 0.717) is 12.3 Å². The second kappa shape index (κ2) is 7.45. The van der Waals surface area contributed by atoms with Crippen molar-refractivity contribution in [1.82, 2.24) is 4.90 Å². The summed E-state index contributed by atoms with van der Waals surface area (Å²) in [6, 6.07) is 1.76. The molecule has 1 unspecified atom stereocenters. The zero-order valence-electron chi connectivity index (χ0n) is 9.29. The Morgan fingerprint density at radius 1 is 1.59 bits per heavy atom. The summed E-state index contributed by atoms with van der Waals surface area (Å²) in [6.07, 6.45) is 0.00164. The first-order valence-electron chi connectivity index (χ1n) is 5.19. The first kappa shape index (κ1) is 14.2. The average Bonchev–Trinajstić information content (AvgIpc) is 2.29. The van der Waals surface area contributed by atoms with Gasteiger partial charge < -0.3 is 10.0 Å². The summed E-state index contributed by atoms with van der Waals surface area (Å²) in [4.78, 5) is 24.2. The van der Waals surface area contributed by atoms with Gasteiger partial charge >= 0.3 is 5.97 Å². The second-order valence-corrected chi connectivity index (χ2v) is 5.70. The van der Waals surface area contributed by atoms with Crippen LogP contribution in [0.3, 0.4) is 0 Å². The lowest BCUT2D eigenvalue weighted by Gasteiger charge is -2.34. The molecule has 0 radical (unpaired) electrons. The lowest BCUT2D eigenvalue weighted by molar-refractivity contribution is -0.139. The molecule has 5 nitrogen and oxygen atoms in total. The lowest BCUT2D eigenvalue weighted by Crippen LogP contribution is -2.47. The Balaban J connectivity index is 2.49. The summed E-state index contributed by atoms with van der Waals surface area (Å²) in [5, 5.41) is 17.2. The summed E-state index contributed by atoms with van der Waals surface area (Å²) in [5.41, 5.74) is 0. The minimum Gasteiger partial charge on any atom is -0.481 e. The number of rotatable bonds is 5. The van der Waals surface area contributed by atoms with E-state index in [0.717, 1.165) is 5.75 Å². The van der Waals surface area contributed by atoms with Gasteiger partial charge in [-0.15, -0.1) is 11.8 Å². The number of thioether (sulfide) groups is 2. The van der Waals surface area contributed by atoms with E-state index in [9.17, 15) is 9.59 Å². The van der Waals surface area contributed by atoms with Crippen LogP contribution in [0, 0.1) is 11.3 Å². The zero-order valence-corrected chi connectivity index (χ0v) is 10.9. The van der Waals surface area contributed by atoms with Crippen molar-refractivity contribution in [3.05, 3.63) is 0 Å². The van der Waals surface area contributed by atoms with Crippen LogP contribution in [0.25, 0.3) is 0 Å². The normalized spacial score (nSPS) is 19.7. The van der Waals surface area contributed by atoms with Crippen molar-refractivity contribution in [2.24, 2.45) is 0 Å². The van der Waals surface area contributed by atoms with E-state index in [4.69, 9.17) is 10.4 Å². The summed E-state index contributed by atoms with van der Waals surface area (Å²) in [6.45, 7) is 0.606. The minimum atomic E-state index is -0.875. The molecule has 1 fully saturated rings. The van der Waals surface area contributed by atoms with Crippen molar-refractivity contribution in [2.75, 3.05) is 29.6 Å². The number of hydrogen-bond acceptors (Lipinski definition) is 5. The highest BCUT2D eigenvalue weighted by molar-refractivity contribution is 8.00. The Morgan fingerprint density at radius 3 is 3.00 bits per heavy atom. The highest BCUT2D eigenvalue weighted by Gasteiger charge is 2.28. The summed E-state index contributed by atoms with van der Waals surface area (Å²) in [7, 11) is 0. The van der Waals surface area contributed by atoms with E-state index in [1.807, 2.05) is 6.07 Å². The molecule has 0 saturated carbocycles. The van der Waals surface area contributed by atoms with Crippen molar-refractivity contribution in [3.8, 4) is 6.07 Å². The molecule has 17 heavy (non-hydrogen) atoms. The molecule has 0 bridgehead atoms. The number of carboxylic acids is 1. The predicted molar refractivity (Wildman–Crippen MR) is 68.0 cm³/mol. The predicted octanol–water partition coefficient (Wildman–Crippen LogP) is 0.662. The Morgan fingerprint density at radius 2 is 2.35 bits per heavy atom. The smallest absolute Gasteiger partial charge is 0.305 e. The van der Waals surface area contributed by atoms with Crippen LogP contribution in [0.5, 0.6) is 0 Å². The molecule has 1 aliphatic heterocycles. The maximum Gasteiger partial charge on any atom is 0.305 e. The summed E-state index contributed by atoms with van der Waals surface area (Å²) < 4.78 is 0. The van der Waals surface area contributed by atoms with E-state index < -0.39 is 5.97 Å². The first-order valence-corrected chi connectivity index (χ1v) is 7.49. The van der Waals surface area contributed by atoms with Gasteiger partial charge in [0.2, 0.25) is 5.91 Å². The van der Waals surface area contributed by atoms with Gasteiger partial charge in [-0.05, 0) is 0 Å². The van der Waals surface area contributed by atoms with E-state index in [2.05, 4.69) is 0 Å². The van der Waals surface area contributed by atoms with E-state index in [-0.39, 0.29) is 29.9 Å². The number of aliphatic carboxylic acids is 1. The molecule has 1 rings (SSSR count). The fraction of sp³-hybridized carbons (Fsp3) is 0.700. The molecule has 1 atom stereocenters. The topological polar surface area (TPSA) is 81.4 Å². The van der Waals surface area contributed by atoms with Crippen molar-refractivity contribution < 1.29 is 14.7 Å². The van der Waals surface area contributed by atoms with E-state index in [1.165, 1.54) is 11.8 Å². The third-order valence-corrected chi connectivity index (χ3v) is 4.23. The van der Waals surface area contributed by atoms with Gasteiger partial charge in [0.05, 0.1) is 30.0 Å². The van der Waals surface area contributed by atoms with Crippen LogP contribution < -0.4 is 0 Å². The van der Waals surface area contributed by atoms with Gasteiger partial charge in [0.25, 0.3) is 0 Å². The second-order valence-electron chi connectivity index (χ2n) is 3.56. The number of carbonyl (C=O) groups is 2. The van der Waals surface area contributed by atoms with Crippen LogP contribution in [0.4, 0.5) is 0 Å². The molecule has 0 aliphatic carbocycles. The van der Waals surface area contributed by atoms with Crippen LogP contribution in [-0.2, 0) is 9.59 Å². The number of nitriles is 1. The van der Waals surface area contributed by atoms with Crippen molar-refractivity contribution in [1.29, 1.82) is 5.26 Å². The highest BCUT2D eigenvalue weighted by atomic mass is 32.2. The Kier molecular flexibility index (Phi) is 6.22. The van der Waals surface area contributed by atoms with Gasteiger partial charge in [0, 0.05) is 18.1 Å². The van der Waals surface area contributed by atoms with Crippen LogP contribution in [-0.4, -0.2) is 57.5 Å². The molecule has 1 heterocycles. The third-order valence-electron chi connectivity index (χ3n) is 2.35. The van der Waals surface area contributed by atoms with Crippen LogP contribution in [0.15, 0.2) is 0 Å². The standard InChI is InChI=1S/C10H14N2O3S2/c11-1-3-16-7-9(13)12-2-4-17-6-8(12)5-10(14)15/h8H,2-7H2,(H,14,15). The largest absolute Gasteiger partial charge is 0.481 e. The number of nitrogens with zero attached hydrogens (tertiary/aromatic N) is 2. The maximum atomic E-state index is 11.9. The van der Waals surface area contributed by atoms with Gasteiger partial charge in [-0.1, -0.05) is 0 Å². The lowest BCUT2D eigenvalue weighted by atomic mass is 10.2. The number of amides is 1. The Bertz CT molecular complexity index is 330. The molecule has 0 spiro atoms. The molecule has 0 aromatic rings. The SMILES string of the molecule is N#CCSCC(=O)N1CCSCC1CC(=O)O. The molecule has 0 aromatic carbocycles. The van der Waals surface area contributed by atoms with Gasteiger partial charge in [0.1, 0.15) is 0 Å². The zero-order chi connectivity index (χ0) is 12.7. The van der Waals surface area contributed by atoms with Gasteiger partial charge in [-0.2, -0.15) is 17.0 Å². The fourth-order valence-corrected chi connectivity index (χ4v) is 3.22. The van der Waals surface area contributed by atoms with Gasteiger partial charge in [-0.25, -0.2) is 0 Å². The Hall–Kier alpha value is -0.870. The summed E-state index contributed by atoms with van der Waals surface area (Å²) in [5.74, 6) is 1.15. The first-order chi connectivity index (χ1) is 8.15. The average molecular weight is 274 g/mol. The number of carboxylic acid groups (broad SMARTS) is 1. The number of hydrogen-bond donors (Lipinski definition) is 1. The quantitative estimate of drug-likeness (QED) is 0.742. The minimum absolute atomic E-state index is 0.00164. The molecule has 1 saturated heterocycles. The molecule has 7 heteroatoms. The maximum absolute atomic E-state index is 11.9. The molecule has 0 aromatic heterocycles.